The largest absolute Gasteiger partial charge is 0.494 e. The molecule has 0 aliphatic rings. The van der Waals surface area contributed by atoms with Crippen molar-refractivity contribution in [3.05, 3.63) is 53.6 Å². The highest BCUT2D eigenvalue weighted by atomic mass is 19.1. The summed E-state index contributed by atoms with van der Waals surface area (Å²) < 4.78 is 32.9. The van der Waals surface area contributed by atoms with Crippen LogP contribution in [0.3, 0.4) is 0 Å². The lowest BCUT2D eigenvalue weighted by molar-refractivity contribution is 0.0696. The van der Waals surface area contributed by atoms with E-state index in [4.69, 9.17) is 9.84 Å². The molecule has 0 saturated heterocycles. The van der Waals surface area contributed by atoms with Gasteiger partial charge in [0.2, 0.25) is 0 Å². The SMILES string of the molecule is CCOc1cccc(Nc2c(F)cc(C(=O)O)cc2F)c1. The second-order valence-electron chi connectivity index (χ2n) is 4.21. The normalized spacial score (nSPS) is 10.2. The highest BCUT2D eigenvalue weighted by Gasteiger charge is 2.15. The van der Waals surface area contributed by atoms with Gasteiger partial charge in [-0.3, -0.25) is 0 Å². The third-order valence-corrected chi connectivity index (χ3v) is 2.70. The minimum atomic E-state index is -1.39. The zero-order chi connectivity index (χ0) is 15.4. The first-order valence-electron chi connectivity index (χ1n) is 6.23. The first kappa shape index (κ1) is 14.8. The molecule has 6 heteroatoms. The Kier molecular flexibility index (Phi) is 4.37. The van der Waals surface area contributed by atoms with Crippen LogP contribution in [0.1, 0.15) is 17.3 Å². The van der Waals surface area contributed by atoms with E-state index in [1.54, 1.807) is 24.3 Å². The van der Waals surface area contributed by atoms with E-state index in [-0.39, 0.29) is 0 Å². The van der Waals surface area contributed by atoms with Gasteiger partial charge >= 0.3 is 5.97 Å². The molecule has 0 atom stereocenters. The molecule has 0 amide bonds. The van der Waals surface area contributed by atoms with Crippen LogP contribution in [-0.4, -0.2) is 17.7 Å². The second-order valence-corrected chi connectivity index (χ2v) is 4.21. The molecule has 0 saturated carbocycles. The third-order valence-electron chi connectivity index (χ3n) is 2.70. The molecule has 2 aromatic rings. The van der Waals surface area contributed by atoms with Crippen LogP contribution < -0.4 is 10.1 Å². The maximum Gasteiger partial charge on any atom is 0.335 e. The zero-order valence-corrected chi connectivity index (χ0v) is 11.2. The van der Waals surface area contributed by atoms with Gasteiger partial charge < -0.3 is 15.2 Å². The summed E-state index contributed by atoms with van der Waals surface area (Å²) in [5, 5.41) is 11.3. The molecule has 0 fully saturated rings. The fourth-order valence-electron chi connectivity index (χ4n) is 1.79. The molecular weight excluding hydrogens is 280 g/mol. The van der Waals surface area contributed by atoms with Crippen LogP contribution in [0, 0.1) is 11.6 Å². The number of carbonyl (C=O) groups is 1. The Labute approximate surface area is 120 Å². The Morgan fingerprint density at radius 1 is 1.24 bits per heavy atom. The Morgan fingerprint density at radius 3 is 2.48 bits per heavy atom. The lowest BCUT2D eigenvalue weighted by Gasteiger charge is -2.11. The van der Waals surface area contributed by atoms with Crippen molar-refractivity contribution in [3.8, 4) is 5.75 Å². The second kappa shape index (κ2) is 6.21. The lowest BCUT2D eigenvalue weighted by Crippen LogP contribution is -2.03. The van der Waals surface area contributed by atoms with Gasteiger partial charge in [-0.05, 0) is 31.2 Å². The number of nitrogens with one attached hydrogen (secondary N) is 1. The maximum absolute atomic E-state index is 13.8. The summed E-state index contributed by atoms with van der Waals surface area (Å²) in [5.41, 5.74) is -0.422. The number of carboxylic acid groups (broad SMARTS) is 1. The van der Waals surface area contributed by atoms with Gasteiger partial charge in [0.1, 0.15) is 11.4 Å². The summed E-state index contributed by atoms with van der Waals surface area (Å²) in [5.74, 6) is -2.79. The molecule has 110 valence electrons. The Hall–Kier alpha value is -2.63. The molecule has 0 bridgehead atoms. The molecule has 0 unspecified atom stereocenters. The monoisotopic (exact) mass is 293 g/mol. The van der Waals surface area contributed by atoms with Gasteiger partial charge in [-0.25, -0.2) is 13.6 Å². The molecular formula is C15H13F2NO3. The van der Waals surface area contributed by atoms with Crippen LogP contribution >= 0.6 is 0 Å². The van der Waals surface area contributed by atoms with Crippen molar-refractivity contribution >= 4 is 17.3 Å². The number of hydrogen-bond donors (Lipinski definition) is 2. The summed E-state index contributed by atoms with van der Waals surface area (Å²) >= 11 is 0. The number of hydrogen-bond acceptors (Lipinski definition) is 3. The zero-order valence-electron chi connectivity index (χ0n) is 11.2. The minimum absolute atomic E-state index is 0.409. The molecule has 2 rings (SSSR count). The molecule has 0 aliphatic heterocycles. The van der Waals surface area contributed by atoms with Gasteiger partial charge in [0.05, 0.1) is 12.2 Å². The molecule has 4 nitrogen and oxygen atoms in total. The van der Waals surface area contributed by atoms with Crippen molar-refractivity contribution in [1.29, 1.82) is 0 Å². The molecule has 0 aliphatic carbocycles. The number of rotatable bonds is 5. The van der Waals surface area contributed by atoms with E-state index in [0.717, 1.165) is 12.1 Å². The van der Waals surface area contributed by atoms with Gasteiger partial charge in [0.15, 0.2) is 11.6 Å². The van der Waals surface area contributed by atoms with E-state index in [0.29, 0.717) is 18.0 Å². The number of carboxylic acids is 1. The van der Waals surface area contributed by atoms with Crippen molar-refractivity contribution in [2.24, 2.45) is 0 Å². The number of ether oxygens (including phenoxy) is 1. The predicted molar refractivity (Wildman–Crippen MR) is 74.2 cm³/mol. The molecule has 0 heterocycles. The van der Waals surface area contributed by atoms with Gasteiger partial charge in [0.25, 0.3) is 0 Å². The van der Waals surface area contributed by atoms with Crippen molar-refractivity contribution in [2.45, 2.75) is 6.92 Å². The van der Waals surface area contributed by atoms with Crippen LogP contribution in [0.15, 0.2) is 36.4 Å². The van der Waals surface area contributed by atoms with Crippen molar-refractivity contribution in [2.75, 3.05) is 11.9 Å². The minimum Gasteiger partial charge on any atom is -0.494 e. The van der Waals surface area contributed by atoms with E-state index in [1.165, 1.54) is 0 Å². The molecule has 0 spiro atoms. The van der Waals surface area contributed by atoms with Crippen LogP contribution in [0.4, 0.5) is 20.2 Å². The third kappa shape index (κ3) is 3.47. The fourth-order valence-corrected chi connectivity index (χ4v) is 1.79. The summed E-state index contributed by atoms with van der Waals surface area (Å²) in [7, 11) is 0. The highest BCUT2D eigenvalue weighted by molar-refractivity contribution is 5.88. The van der Waals surface area contributed by atoms with E-state index >= 15 is 0 Å². The van der Waals surface area contributed by atoms with E-state index < -0.39 is 28.9 Å². The van der Waals surface area contributed by atoms with Crippen LogP contribution in [0.25, 0.3) is 0 Å². The van der Waals surface area contributed by atoms with Crippen LogP contribution in [0.5, 0.6) is 5.75 Å². The molecule has 0 aromatic heterocycles. The predicted octanol–water partition coefficient (Wildman–Crippen LogP) is 3.81. The van der Waals surface area contributed by atoms with E-state index in [9.17, 15) is 13.6 Å². The number of halogens is 2. The molecule has 21 heavy (non-hydrogen) atoms. The highest BCUT2D eigenvalue weighted by Crippen LogP contribution is 2.26. The van der Waals surface area contributed by atoms with Gasteiger partial charge in [-0.1, -0.05) is 6.07 Å². The van der Waals surface area contributed by atoms with E-state index in [2.05, 4.69) is 5.32 Å². The fraction of sp³-hybridized carbons (Fsp3) is 0.133. The average Bonchev–Trinajstić information content (AvgIpc) is 2.43. The van der Waals surface area contributed by atoms with Crippen LogP contribution in [-0.2, 0) is 0 Å². The van der Waals surface area contributed by atoms with Crippen molar-refractivity contribution in [1.82, 2.24) is 0 Å². The average molecular weight is 293 g/mol. The molecule has 2 aromatic carbocycles. The summed E-state index contributed by atoms with van der Waals surface area (Å²) in [6.45, 7) is 2.30. The first-order chi connectivity index (χ1) is 10.0. The number of benzene rings is 2. The smallest absolute Gasteiger partial charge is 0.335 e. The van der Waals surface area contributed by atoms with Crippen molar-refractivity contribution in [3.63, 3.8) is 0 Å². The molecule has 0 radical (unpaired) electrons. The summed E-state index contributed by atoms with van der Waals surface area (Å²) in [6, 6.07) is 8.13. The Balaban J connectivity index is 2.31. The topological polar surface area (TPSA) is 58.6 Å². The molecule has 2 N–H and O–H groups in total. The van der Waals surface area contributed by atoms with Crippen LogP contribution in [0.2, 0.25) is 0 Å². The first-order valence-corrected chi connectivity index (χ1v) is 6.23. The summed E-state index contributed by atoms with van der Waals surface area (Å²) in [4.78, 5) is 10.7. The Bertz CT molecular complexity index is 651. The number of aromatic carboxylic acids is 1. The lowest BCUT2D eigenvalue weighted by atomic mass is 10.1. The van der Waals surface area contributed by atoms with Gasteiger partial charge in [0, 0.05) is 11.8 Å². The van der Waals surface area contributed by atoms with Gasteiger partial charge in [-0.2, -0.15) is 0 Å². The Morgan fingerprint density at radius 2 is 1.90 bits per heavy atom. The van der Waals surface area contributed by atoms with Crippen molar-refractivity contribution < 1.29 is 23.4 Å². The standard InChI is InChI=1S/C15H13F2NO3/c1-2-21-11-5-3-4-10(8-11)18-14-12(16)6-9(15(19)20)7-13(14)17/h3-8,18H,2H2,1H3,(H,19,20). The van der Waals surface area contributed by atoms with Gasteiger partial charge in [-0.15, -0.1) is 0 Å². The van der Waals surface area contributed by atoms with E-state index in [1.807, 2.05) is 6.92 Å². The quantitative estimate of drug-likeness (QED) is 0.880. The maximum atomic E-state index is 13.8. The number of anilines is 2. The summed E-state index contributed by atoms with van der Waals surface area (Å²) in [6.07, 6.45) is 0.